The fourth-order valence-electron chi connectivity index (χ4n) is 4.83. The van der Waals surface area contributed by atoms with E-state index in [9.17, 15) is 10.1 Å². The van der Waals surface area contributed by atoms with E-state index in [2.05, 4.69) is 29.9 Å². The van der Waals surface area contributed by atoms with Crippen LogP contribution < -0.4 is 9.47 Å². The molecule has 0 aliphatic carbocycles. The van der Waals surface area contributed by atoms with Crippen LogP contribution in [0.15, 0.2) is 79.3 Å². The molecule has 12 heteroatoms. The summed E-state index contributed by atoms with van der Waals surface area (Å²) < 4.78 is 13.5. The Hall–Kier alpha value is -5.10. The average molecular weight is 553 g/mol. The first-order valence-corrected chi connectivity index (χ1v) is 13.2. The van der Waals surface area contributed by atoms with E-state index in [4.69, 9.17) is 9.47 Å². The lowest BCUT2D eigenvalue weighted by atomic mass is 10.1. The SMILES string of the molecule is COc1cc([N+](=O)[O-])c(-c2nnn(-c3ccc(CCN4CCn5cncc5C4)cc3)n2)cc1OCc1ccccc1. The van der Waals surface area contributed by atoms with Crippen molar-refractivity contribution in [3.8, 4) is 28.6 Å². The Labute approximate surface area is 235 Å². The Morgan fingerprint density at radius 1 is 1.00 bits per heavy atom. The number of methoxy groups -OCH3 is 1. The van der Waals surface area contributed by atoms with Gasteiger partial charge >= 0.3 is 0 Å². The van der Waals surface area contributed by atoms with E-state index in [1.165, 1.54) is 35.3 Å². The third-order valence-corrected chi connectivity index (χ3v) is 7.10. The van der Waals surface area contributed by atoms with Gasteiger partial charge in [-0.15, -0.1) is 15.0 Å². The maximum absolute atomic E-state index is 11.9. The summed E-state index contributed by atoms with van der Waals surface area (Å²) in [6, 6.07) is 20.4. The molecule has 12 nitrogen and oxygen atoms in total. The molecular weight excluding hydrogens is 524 g/mol. The number of nitro benzene ring substituents is 1. The summed E-state index contributed by atoms with van der Waals surface area (Å²) in [6.45, 7) is 4.08. The smallest absolute Gasteiger partial charge is 0.284 e. The largest absolute Gasteiger partial charge is 0.493 e. The van der Waals surface area contributed by atoms with Crippen molar-refractivity contribution in [2.24, 2.45) is 0 Å². The highest BCUT2D eigenvalue weighted by atomic mass is 16.6. The van der Waals surface area contributed by atoms with Crippen LogP contribution in [0.25, 0.3) is 17.1 Å². The molecule has 0 unspecified atom stereocenters. The summed E-state index contributed by atoms with van der Waals surface area (Å²) >= 11 is 0. The standard InChI is InChI=1S/C29H28N8O4/c1-40-27-16-26(37(38)39)25(15-28(27)41-19-22-5-3-2-4-6-22)29-31-33-36(32-29)23-9-7-21(8-10-23)11-12-34-13-14-35-20-30-17-24(35)18-34/h2-10,15-17,20H,11-14,18-19H2,1H3. The van der Waals surface area contributed by atoms with Gasteiger partial charge in [-0.2, -0.15) is 0 Å². The molecule has 0 bridgehead atoms. The van der Waals surface area contributed by atoms with Crippen LogP contribution in [0.4, 0.5) is 5.69 Å². The number of nitro groups is 1. The van der Waals surface area contributed by atoms with Crippen LogP contribution in [0.2, 0.25) is 0 Å². The first kappa shape index (κ1) is 26.1. The van der Waals surface area contributed by atoms with E-state index >= 15 is 0 Å². The van der Waals surface area contributed by atoms with Crippen molar-refractivity contribution >= 4 is 5.69 Å². The predicted molar refractivity (Wildman–Crippen MR) is 150 cm³/mol. The van der Waals surface area contributed by atoms with Crippen LogP contribution in [0.5, 0.6) is 11.5 Å². The second-order valence-corrected chi connectivity index (χ2v) is 9.73. The summed E-state index contributed by atoms with van der Waals surface area (Å²) in [6.07, 6.45) is 4.73. The molecule has 1 aliphatic rings. The van der Waals surface area contributed by atoms with Crippen molar-refractivity contribution in [2.75, 3.05) is 20.2 Å². The number of tetrazole rings is 1. The molecule has 2 aromatic heterocycles. The Balaban J connectivity index is 1.17. The highest BCUT2D eigenvalue weighted by Gasteiger charge is 2.24. The summed E-state index contributed by atoms with van der Waals surface area (Å²) in [4.78, 5) is 19.4. The maximum atomic E-state index is 11.9. The van der Waals surface area contributed by atoms with Gasteiger partial charge in [0, 0.05) is 38.4 Å². The number of nitrogens with zero attached hydrogens (tertiary/aromatic N) is 8. The number of rotatable bonds is 10. The molecule has 5 aromatic rings. The van der Waals surface area contributed by atoms with Crippen LogP contribution in [-0.2, 0) is 26.1 Å². The molecule has 0 amide bonds. The Bertz CT molecular complexity index is 1650. The van der Waals surface area contributed by atoms with Gasteiger partial charge in [-0.05, 0) is 34.9 Å². The van der Waals surface area contributed by atoms with Gasteiger partial charge in [0.25, 0.3) is 5.69 Å². The molecular formula is C29H28N8O4. The van der Waals surface area contributed by atoms with E-state index in [1.54, 1.807) is 0 Å². The van der Waals surface area contributed by atoms with Crippen molar-refractivity contribution < 1.29 is 14.4 Å². The van der Waals surface area contributed by atoms with Gasteiger partial charge in [-0.25, -0.2) is 4.98 Å². The Kier molecular flexibility index (Phi) is 7.37. The van der Waals surface area contributed by atoms with Gasteiger partial charge in [0.1, 0.15) is 12.2 Å². The minimum Gasteiger partial charge on any atom is -0.493 e. The van der Waals surface area contributed by atoms with Crippen molar-refractivity contribution in [1.82, 2.24) is 34.7 Å². The molecule has 0 fully saturated rings. The van der Waals surface area contributed by atoms with Gasteiger partial charge in [0.05, 0.1) is 35.8 Å². The molecule has 1 aliphatic heterocycles. The van der Waals surface area contributed by atoms with Gasteiger partial charge in [0.2, 0.25) is 5.82 Å². The fraction of sp³-hybridized carbons (Fsp3) is 0.241. The number of ether oxygens (including phenoxy) is 2. The number of hydrogen-bond acceptors (Lipinski definition) is 9. The van der Waals surface area contributed by atoms with Crippen molar-refractivity contribution in [3.63, 3.8) is 0 Å². The second kappa shape index (κ2) is 11.6. The Morgan fingerprint density at radius 2 is 1.83 bits per heavy atom. The van der Waals surface area contributed by atoms with E-state index in [-0.39, 0.29) is 29.4 Å². The topological polar surface area (TPSA) is 126 Å². The highest BCUT2D eigenvalue weighted by Crippen LogP contribution is 2.39. The first-order chi connectivity index (χ1) is 20.1. The van der Waals surface area contributed by atoms with Crippen molar-refractivity contribution in [2.45, 2.75) is 26.1 Å². The van der Waals surface area contributed by atoms with Crippen LogP contribution in [-0.4, -0.2) is 59.8 Å². The summed E-state index contributed by atoms with van der Waals surface area (Å²) in [5, 5.41) is 24.6. The molecule has 6 rings (SSSR count). The lowest BCUT2D eigenvalue weighted by Gasteiger charge is -2.27. The zero-order valence-electron chi connectivity index (χ0n) is 22.5. The third kappa shape index (κ3) is 5.77. The monoisotopic (exact) mass is 552 g/mol. The van der Waals surface area contributed by atoms with Crippen LogP contribution in [0.1, 0.15) is 16.8 Å². The normalized spacial score (nSPS) is 13.1. The average Bonchev–Trinajstić information content (AvgIpc) is 3.69. The summed E-state index contributed by atoms with van der Waals surface area (Å²) in [7, 11) is 1.44. The van der Waals surface area contributed by atoms with Gasteiger partial charge in [-0.3, -0.25) is 15.0 Å². The second-order valence-electron chi connectivity index (χ2n) is 9.73. The lowest BCUT2D eigenvalue weighted by molar-refractivity contribution is -0.384. The van der Waals surface area contributed by atoms with Crippen molar-refractivity contribution in [3.05, 3.63) is 106 Å². The molecule has 3 aromatic carbocycles. The molecule has 0 spiro atoms. The van der Waals surface area contributed by atoms with E-state index < -0.39 is 4.92 Å². The van der Waals surface area contributed by atoms with Crippen LogP contribution in [0, 0.1) is 10.1 Å². The zero-order valence-corrected chi connectivity index (χ0v) is 22.5. The highest BCUT2D eigenvalue weighted by molar-refractivity contribution is 5.72. The van der Waals surface area contributed by atoms with Gasteiger partial charge < -0.3 is 14.0 Å². The summed E-state index contributed by atoms with van der Waals surface area (Å²) in [5.74, 6) is 0.697. The molecule has 0 saturated carbocycles. The van der Waals surface area contributed by atoms with E-state index in [0.29, 0.717) is 11.4 Å². The number of benzene rings is 3. The predicted octanol–water partition coefficient (Wildman–Crippen LogP) is 4.08. The minimum atomic E-state index is -0.496. The van der Waals surface area contributed by atoms with Crippen molar-refractivity contribution in [1.29, 1.82) is 0 Å². The number of fused-ring (bicyclic) bond motifs is 1. The fourth-order valence-corrected chi connectivity index (χ4v) is 4.83. The number of hydrogen-bond donors (Lipinski definition) is 0. The van der Waals surface area contributed by atoms with Crippen LogP contribution >= 0.6 is 0 Å². The summed E-state index contributed by atoms with van der Waals surface area (Å²) in [5.41, 5.74) is 4.07. The molecule has 0 saturated heterocycles. The van der Waals surface area contributed by atoms with Gasteiger partial charge in [0.15, 0.2) is 11.5 Å². The molecule has 208 valence electrons. The molecule has 3 heterocycles. The third-order valence-electron chi connectivity index (χ3n) is 7.10. The molecule has 41 heavy (non-hydrogen) atoms. The zero-order chi connectivity index (χ0) is 28.2. The maximum Gasteiger partial charge on any atom is 0.284 e. The minimum absolute atomic E-state index is 0.109. The molecule has 0 atom stereocenters. The van der Waals surface area contributed by atoms with Crippen LogP contribution in [0.3, 0.4) is 0 Å². The molecule has 0 N–H and O–H groups in total. The number of aromatic nitrogens is 6. The number of imidazole rings is 1. The Morgan fingerprint density at radius 3 is 2.61 bits per heavy atom. The lowest BCUT2D eigenvalue weighted by Crippen LogP contribution is -2.34. The van der Waals surface area contributed by atoms with Gasteiger partial charge in [-0.1, -0.05) is 42.5 Å². The first-order valence-electron chi connectivity index (χ1n) is 13.2. The quantitative estimate of drug-likeness (QED) is 0.186. The van der Waals surface area contributed by atoms with E-state index in [1.807, 2.05) is 67.1 Å². The van der Waals surface area contributed by atoms with E-state index in [0.717, 1.165) is 38.2 Å². The molecule has 0 radical (unpaired) electrons.